The molecule has 8 heteroatoms. The molecular formula is C13H12Cl2N2O4. The maximum atomic E-state index is 12.3. The lowest BCUT2D eigenvalue weighted by atomic mass is 10.1. The lowest BCUT2D eigenvalue weighted by Crippen LogP contribution is -2.39. The minimum atomic E-state index is -1.16. The van der Waals surface area contributed by atoms with Gasteiger partial charge in [0.1, 0.15) is 12.5 Å². The van der Waals surface area contributed by atoms with Gasteiger partial charge in [-0.25, -0.2) is 0 Å². The summed E-state index contributed by atoms with van der Waals surface area (Å²) in [6.45, 7) is -0.190. The molecule has 0 bridgehead atoms. The van der Waals surface area contributed by atoms with Crippen molar-refractivity contribution in [1.29, 1.82) is 0 Å². The third-order valence-corrected chi connectivity index (χ3v) is 3.69. The number of amides is 2. The highest BCUT2D eigenvalue weighted by Crippen LogP contribution is 2.33. The second kappa shape index (κ2) is 6.32. The highest BCUT2D eigenvalue weighted by atomic mass is 35.5. The number of carbonyl (C=O) groups excluding carboxylic acids is 2. The largest absolute Gasteiger partial charge is 0.480 e. The summed E-state index contributed by atoms with van der Waals surface area (Å²) in [7, 11) is 0. The topological polar surface area (TPSA) is 86.7 Å². The van der Waals surface area contributed by atoms with E-state index in [1.165, 1.54) is 4.90 Å². The van der Waals surface area contributed by atoms with Crippen molar-refractivity contribution in [2.45, 2.75) is 6.42 Å². The number of anilines is 1. The molecule has 0 aromatic heterocycles. The Morgan fingerprint density at radius 1 is 1.38 bits per heavy atom. The Hall–Kier alpha value is -1.79. The Labute approximate surface area is 130 Å². The predicted octanol–water partition coefficient (Wildman–Crippen LogP) is 1.55. The van der Waals surface area contributed by atoms with Crippen LogP contribution in [0.15, 0.2) is 18.2 Å². The molecule has 2 N–H and O–H groups in total. The lowest BCUT2D eigenvalue weighted by molar-refractivity contribution is -0.140. The van der Waals surface area contributed by atoms with Crippen molar-refractivity contribution < 1.29 is 19.5 Å². The number of hydrogen-bond acceptors (Lipinski definition) is 3. The van der Waals surface area contributed by atoms with Gasteiger partial charge in [-0.1, -0.05) is 23.2 Å². The molecule has 2 amide bonds. The van der Waals surface area contributed by atoms with Gasteiger partial charge in [0.2, 0.25) is 11.8 Å². The average Bonchev–Trinajstić information content (AvgIpc) is 2.80. The molecule has 0 aliphatic carbocycles. The third-order valence-electron chi connectivity index (χ3n) is 3.13. The van der Waals surface area contributed by atoms with Gasteiger partial charge in [-0.3, -0.25) is 14.4 Å². The Kier molecular flexibility index (Phi) is 4.69. The van der Waals surface area contributed by atoms with Crippen LogP contribution in [-0.2, 0) is 14.4 Å². The van der Waals surface area contributed by atoms with Gasteiger partial charge < -0.3 is 15.3 Å². The maximum Gasteiger partial charge on any atom is 0.322 e. The zero-order chi connectivity index (χ0) is 15.6. The standard InChI is InChI=1S/C13H12Cl2N2O4/c14-7-1-2-9(15)10(5-7)17-4-3-8(13(17)21)12(20)16-6-11(18)19/h1-2,5,8H,3-4,6H2,(H,16,20)(H,18,19)/t8-/m0/s1. The second-order valence-corrected chi connectivity index (χ2v) is 5.38. The van der Waals surface area contributed by atoms with E-state index in [0.717, 1.165) is 0 Å². The van der Waals surface area contributed by atoms with Crippen molar-refractivity contribution in [3.63, 3.8) is 0 Å². The van der Waals surface area contributed by atoms with E-state index >= 15 is 0 Å². The monoisotopic (exact) mass is 330 g/mol. The van der Waals surface area contributed by atoms with Gasteiger partial charge in [-0.15, -0.1) is 0 Å². The number of benzene rings is 1. The van der Waals surface area contributed by atoms with Crippen LogP contribution in [0.3, 0.4) is 0 Å². The van der Waals surface area contributed by atoms with Gasteiger partial charge in [0.05, 0.1) is 10.7 Å². The van der Waals surface area contributed by atoms with Crippen molar-refractivity contribution in [2.24, 2.45) is 5.92 Å². The summed E-state index contributed by atoms with van der Waals surface area (Å²) in [5.74, 6) is -3.08. The van der Waals surface area contributed by atoms with Crippen LogP contribution in [0, 0.1) is 5.92 Å². The zero-order valence-corrected chi connectivity index (χ0v) is 12.3. The summed E-state index contributed by atoms with van der Waals surface area (Å²) in [6.07, 6.45) is 0.299. The van der Waals surface area contributed by atoms with E-state index in [2.05, 4.69) is 5.32 Å². The number of aliphatic carboxylic acids is 1. The van der Waals surface area contributed by atoms with Gasteiger partial charge in [0.15, 0.2) is 0 Å². The molecule has 2 rings (SSSR count). The summed E-state index contributed by atoms with van der Waals surface area (Å²) < 4.78 is 0. The number of nitrogens with one attached hydrogen (secondary N) is 1. The fraction of sp³-hybridized carbons (Fsp3) is 0.308. The molecule has 1 aromatic rings. The third kappa shape index (κ3) is 3.46. The molecule has 0 spiro atoms. The highest BCUT2D eigenvalue weighted by Gasteiger charge is 2.38. The van der Waals surface area contributed by atoms with Gasteiger partial charge in [0.25, 0.3) is 0 Å². The van der Waals surface area contributed by atoms with Gasteiger partial charge in [-0.05, 0) is 24.6 Å². The summed E-state index contributed by atoms with van der Waals surface area (Å²) in [4.78, 5) is 35.9. The van der Waals surface area contributed by atoms with E-state index in [4.69, 9.17) is 28.3 Å². The molecule has 1 aliphatic heterocycles. The number of carboxylic acids is 1. The number of carbonyl (C=O) groups is 3. The number of nitrogens with zero attached hydrogens (tertiary/aromatic N) is 1. The zero-order valence-electron chi connectivity index (χ0n) is 10.8. The fourth-order valence-electron chi connectivity index (χ4n) is 2.14. The summed E-state index contributed by atoms with van der Waals surface area (Å²) in [6, 6.07) is 4.73. The molecule has 21 heavy (non-hydrogen) atoms. The Morgan fingerprint density at radius 3 is 2.76 bits per heavy atom. The fourth-order valence-corrected chi connectivity index (χ4v) is 2.53. The second-order valence-electron chi connectivity index (χ2n) is 4.54. The van der Waals surface area contributed by atoms with Gasteiger partial charge in [0, 0.05) is 11.6 Å². The first-order chi connectivity index (χ1) is 9.90. The normalized spacial score (nSPS) is 17.9. The van der Waals surface area contributed by atoms with Crippen LogP contribution >= 0.6 is 23.2 Å². The van der Waals surface area contributed by atoms with Crippen LogP contribution in [0.5, 0.6) is 0 Å². The first kappa shape index (κ1) is 15.6. The lowest BCUT2D eigenvalue weighted by Gasteiger charge is -2.18. The van der Waals surface area contributed by atoms with E-state index in [1.807, 2.05) is 0 Å². The minimum Gasteiger partial charge on any atom is -0.480 e. The van der Waals surface area contributed by atoms with Crippen LogP contribution in [0.1, 0.15) is 6.42 Å². The van der Waals surface area contributed by atoms with E-state index in [-0.39, 0.29) is 0 Å². The van der Waals surface area contributed by atoms with Crippen molar-refractivity contribution in [3.05, 3.63) is 28.2 Å². The van der Waals surface area contributed by atoms with E-state index in [0.29, 0.717) is 28.7 Å². The number of carboxylic acid groups (broad SMARTS) is 1. The summed E-state index contributed by atoms with van der Waals surface area (Å²) >= 11 is 11.9. The minimum absolute atomic E-state index is 0.299. The van der Waals surface area contributed by atoms with Crippen molar-refractivity contribution in [1.82, 2.24) is 5.32 Å². The van der Waals surface area contributed by atoms with Crippen LogP contribution in [0.2, 0.25) is 10.0 Å². The molecule has 0 radical (unpaired) electrons. The first-order valence-corrected chi connectivity index (χ1v) is 6.91. The summed E-state index contributed by atoms with van der Waals surface area (Å²) in [5.41, 5.74) is 0.447. The molecule has 112 valence electrons. The summed E-state index contributed by atoms with van der Waals surface area (Å²) in [5, 5.41) is 11.5. The number of halogens is 2. The molecule has 1 aromatic carbocycles. The van der Waals surface area contributed by atoms with E-state index in [9.17, 15) is 14.4 Å². The van der Waals surface area contributed by atoms with Crippen LogP contribution in [0.25, 0.3) is 0 Å². The van der Waals surface area contributed by atoms with Crippen molar-refractivity contribution in [2.75, 3.05) is 18.0 Å². The van der Waals surface area contributed by atoms with E-state index in [1.54, 1.807) is 18.2 Å². The van der Waals surface area contributed by atoms with Crippen molar-refractivity contribution >= 4 is 46.7 Å². The molecular weight excluding hydrogens is 319 g/mol. The molecule has 1 saturated heterocycles. The molecule has 1 atom stereocenters. The van der Waals surface area contributed by atoms with Crippen LogP contribution < -0.4 is 10.2 Å². The van der Waals surface area contributed by atoms with Gasteiger partial charge >= 0.3 is 5.97 Å². The molecule has 1 heterocycles. The SMILES string of the molecule is O=C(O)CNC(=O)[C@@H]1CCN(c2cc(Cl)ccc2Cl)C1=O. The Bertz CT molecular complexity index is 606. The first-order valence-electron chi connectivity index (χ1n) is 6.16. The molecule has 1 fully saturated rings. The van der Waals surface area contributed by atoms with Crippen molar-refractivity contribution in [3.8, 4) is 0 Å². The Morgan fingerprint density at radius 2 is 2.10 bits per heavy atom. The molecule has 0 saturated carbocycles. The smallest absolute Gasteiger partial charge is 0.322 e. The Balaban J connectivity index is 2.12. The molecule has 1 aliphatic rings. The quantitative estimate of drug-likeness (QED) is 0.820. The van der Waals surface area contributed by atoms with E-state index < -0.39 is 30.2 Å². The highest BCUT2D eigenvalue weighted by molar-refractivity contribution is 6.36. The molecule has 6 nitrogen and oxygen atoms in total. The maximum absolute atomic E-state index is 12.3. The number of hydrogen-bond donors (Lipinski definition) is 2. The number of rotatable bonds is 4. The van der Waals surface area contributed by atoms with Gasteiger partial charge in [-0.2, -0.15) is 0 Å². The van der Waals surface area contributed by atoms with Crippen LogP contribution in [-0.4, -0.2) is 36.0 Å². The van der Waals surface area contributed by atoms with Crippen LogP contribution in [0.4, 0.5) is 5.69 Å². The average molecular weight is 331 g/mol. The predicted molar refractivity (Wildman–Crippen MR) is 77.6 cm³/mol. The molecule has 0 unspecified atom stereocenters.